The number of allylic oxidation sites excluding steroid dienone is 12. The molecule has 0 aliphatic carbocycles. The number of unbranched alkanes of at least 4 members (excludes halogenated alkanes) is 12. The lowest BCUT2D eigenvalue weighted by Gasteiger charge is -2.18. The second-order valence-electron chi connectivity index (χ2n) is 13.1. The zero-order valence-corrected chi connectivity index (χ0v) is 30.9. The lowest BCUT2D eigenvalue weighted by Crippen LogP contribution is -2.20. The van der Waals surface area contributed by atoms with Crippen molar-refractivity contribution in [3.63, 3.8) is 0 Å². The Morgan fingerprint density at radius 2 is 0.870 bits per heavy atom. The first-order valence-corrected chi connectivity index (χ1v) is 19.3. The summed E-state index contributed by atoms with van der Waals surface area (Å²) >= 11 is 0. The van der Waals surface area contributed by atoms with Crippen molar-refractivity contribution in [2.45, 2.75) is 174 Å². The first kappa shape index (κ1) is 43.9. The molecule has 0 fully saturated rings. The first-order valence-electron chi connectivity index (χ1n) is 19.3. The van der Waals surface area contributed by atoms with E-state index in [1.54, 1.807) is 0 Å². The SMILES string of the molecule is CCCCC/C=C\C/C=C\C/C=C\CCCCCC(CCCCC/C=C\C/C=C\C/C=C\CCCCC)OC(=O)CCCN(C)C. The molecule has 3 nitrogen and oxygen atoms in total. The summed E-state index contributed by atoms with van der Waals surface area (Å²) in [6.45, 7) is 5.44. The van der Waals surface area contributed by atoms with Crippen molar-refractivity contribution >= 4 is 5.97 Å². The van der Waals surface area contributed by atoms with E-state index in [1.807, 2.05) is 0 Å². The van der Waals surface area contributed by atoms with Gasteiger partial charge in [-0.1, -0.05) is 125 Å². The van der Waals surface area contributed by atoms with E-state index in [0.717, 1.165) is 77.2 Å². The van der Waals surface area contributed by atoms with Crippen molar-refractivity contribution in [1.29, 1.82) is 0 Å². The van der Waals surface area contributed by atoms with Gasteiger partial charge in [0.05, 0.1) is 0 Å². The van der Waals surface area contributed by atoms with Gasteiger partial charge in [-0.15, -0.1) is 0 Å². The van der Waals surface area contributed by atoms with Crippen molar-refractivity contribution in [3.8, 4) is 0 Å². The van der Waals surface area contributed by atoms with E-state index in [1.165, 1.54) is 77.0 Å². The van der Waals surface area contributed by atoms with Crippen molar-refractivity contribution in [3.05, 3.63) is 72.9 Å². The highest BCUT2D eigenvalue weighted by Gasteiger charge is 2.14. The maximum absolute atomic E-state index is 12.5. The highest BCUT2D eigenvalue weighted by molar-refractivity contribution is 5.69. The highest BCUT2D eigenvalue weighted by atomic mass is 16.5. The van der Waals surface area contributed by atoms with Crippen LogP contribution in [-0.2, 0) is 9.53 Å². The maximum atomic E-state index is 12.5. The van der Waals surface area contributed by atoms with Gasteiger partial charge in [-0.05, 0) is 130 Å². The third kappa shape index (κ3) is 36.3. The zero-order valence-electron chi connectivity index (χ0n) is 30.9. The molecule has 0 amide bonds. The number of esters is 1. The van der Waals surface area contributed by atoms with E-state index in [9.17, 15) is 4.79 Å². The molecule has 0 aromatic heterocycles. The molecular weight excluding hydrogens is 562 g/mol. The van der Waals surface area contributed by atoms with Gasteiger partial charge in [0, 0.05) is 6.42 Å². The molecule has 0 bridgehead atoms. The summed E-state index contributed by atoms with van der Waals surface area (Å²) in [6, 6.07) is 0. The fourth-order valence-corrected chi connectivity index (χ4v) is 5.25. The van der Waals surface area contributed by atoms with Gasteiger partial charge in [0.2, 0.25) is 0 Å². The van der Waals surface area contributed by atoms with Gasteiger partial charge in [-0.3, -0.25) is 4.79 Å². The van der Waals surface area contributed by atoms with Crippen LogP contribution in [0, 0.1) is 0 Å². The summed E-state index contributed by atoms with van der Waals surface area (Å²) in [5, 5.41) is 0. The van der Waals surface area contributed by atoms with Gasteiger partial charge in [0.15, 0.2) is 0 Å². The van der Waals surface area contributed by atoms with Gasteiger partial charge in [-0.25, -0.2) is 0 Å². The van der Waals surface area contributed by atoms with Crippen LogP contribution < -0.4 is 0 Å². The van der Waals surface area contributed by atoms with Crippen LogP contribution in [0.2, 0.25) is 0 Å². The molecule has 0 N–H and O–H groups in total. The second-order valence-corrected chi connectivity index (χ2v) is 13.1. The molecule has 0 aromatic rings. The molecule has 0 rings (SSSR count). The minimum atomic E-state index is -0.0159. The molecule has 0 aliphatic heterocycles. The fraction of sp³-hybridized carbons (Fsp3) is 0.698. The Hall–Kier alpha value is -2.13. The summed E-state index contributed by atoms with van der Waals surface area (Å²) in [6.07, 6.45) is 54.9. The molecule has 0 spiro atoms. The molecule has 3 heteroatoms. The van der Waals surface area contributed by atoms with Crippen molar-refractivity contribution < 1.29 is 9.53 Å². The Labute approximate surface area is 287 Å². The number of hydrogen-bond donors (Lipinski definition) is 0. The van der Waals surface area contributed by atoms with Crippen LogP contribution in [0.25, 0.3) is 0 Å². The van der Waals surface area contributed by atoms with Crippen LogP contribution in [-0.4, -0.2) is 37.6 Å². The van der Waals surface area contributed by atoms with E-state index in [2.05, 4.69) is 106 Å². The second kappa shape index (κ2) is 37.3. The van der Waals surface area contributed by atoms with Gasteiger partial charge < -0.3 is 9.64 Å². The first-order chi connectivity index (χ1) is 22.6. The fourth-order valence-electron chi connectivity index (χ4n) is 5.25. The number of nitrogens with zero attached hydrogens (tertiary/aromatic N) is 1. The largest absolute Gasteiger partial charge is 0.462 e. The quantitative estimate of drug-likeness (QED) is 0.0407. The van der Waals surface area contributed by atoms with Crippen molar-refractivity contribution in [2.75, 3.05) is 20.6 Å². The highest BCUT2D eigenvalue weighted by Crippen LogP contribution is 2.17. The Morgan fingerprint density at radius 1 is 0.500 bits per heavy atom. The molecule has 0 aromatic carbocycles. The summed E-state index contributed by atoms with van der Waals surface area (Å²) in [4.78, 5) is 14.6. The molecule has 0 unspecified atom stereocenters. The minimum absolute atomic E-state index is 0.0159. The molecule has 46 heavy (non-hydrogen) atoms. The summed E-state index contributed by atoms with van der Waals surface area (Å²) < 4.78 is 5.97. The predicted octanol–water partition coefficient (Wildman–Crippen LogP) is 13.2. The Balaban J connectivity index is 4.15. The van der Waals surface area contributed by atoms with Crippen LogP contribution in [0.1, 0.15) is 168 Å². The molecule has 0 saturated carbocycles. The molecule has 0 atom stereocenters. The molecule has 0 radical (unpaired) electrons. The Kier molecular flexibility index (Phi) is 35.6. The standard InChI is InChI=1S/C43H75NO2/c1-5-7-9-11-13-15-17-19-21-23-25-27-29-31-33-35-38-42(46-43(45)40-37-41-44(3)4)39-36-34-32-30-28-26-24-22-20-18-16-14-12-10-8-6-2/h13-16,19-22,25-28,42H,5-12,17-18,23-24,29-41H2,1-4H3/b15-13-,16-14-,21-19-,22-20-,27-25-,28-26-. The number of ether oxygens (including phenoxy) is 1. The normalized spacial score (nSPS) is 12.7. The molecule has 0 saturated heterocycles. The summed E-state index contributed by atoms with van der Waals surface area (Å²) in [5.74, 6) is -0.0159. The van der Waals surface area contributed by atoms with Gasteiger partial charge in [0.1, 0.15) is 6.10 Å². The van der Waals surface area contributed by atoms with E-state index >= 15 is 0 Å². The van der Waals surface area contributed by atoms with Gasteiger partial charge in [0.25, 0.3) is 0 Å². The van der Waals surface area contributed by atoms with Gasteiger partial charge in [-0.2, -0.15) is 0 Å². The van der Waals surface area contributed by atoms with Crippen molar-refractivity contribution in [2.24, 2.45) is 0 Å². The summed E-state index contributed by atoms with van der Waals surface area (Å²) in [7, 11) is 4.10. The summed E-state index contributed by atoms with van der Waals surface area (Å²) in [5.41, 5.74) is 0. The average molecular weight is 638 g/mol. The number of carbonyl (C=O) groups is 1. The lowest BCUT2D eigenvalue weighted by molar-refractivity contribution is -0.150. The monoisotopic (exact) mass is 638 g/mol. The average Bonchev–Trinajstić information content (AvgIpc) is 3.04. The number of rotatable bonds is 33. The molecule has 0 heterocycles. The minimum Gasteiger partial charge on any atom is -0.462 e. The van der Waals surface area contributed by atoms with Crippen LogP contribution >= 0.6 is 0 Å². The molecule has 0 aliphatic rings. The van der Waals surface area contributed by atoms with E-state index < -0.39 is 0 Å². The third-order valence-corrected chi connectivity index (χ3v) is 8.12. The van der Waals surface area contributed by atoms with Crippen LogP contribution in [0.5, 0.6) is 0 Å². The smallest absolute Gasteiger partial charge is 0.306 e. The molecular formula is C43H75NO2. The van der Waals surface area contributed by atoms with E-state index in [0.29, 0.717) is 6.42 Å². The van der Waals surface area contributed by atoms with Crippen LogP contribution in [0.3, 0.4) is 0 Å². The number of hydrogen-bond acceptors (Lipinski definition) is 3. The predicted molar refractivity (Wildman–Crippen MR) is 205 cm³/mol. The van der Waals surface area contributed by atoms with Gasteiger partial charge >= 0.3 is 5.97 Å². The van der Waals surface area contributed by atoms with E-state index in [4.69, 9.17) is 4.74 Å². The third-order valence-electron chi connectivity index (χ3n) is 8.12. The molecule has 264 valence electrons. The lowest BCUT2D eigenvalue weighted by atomic mass is 10.0. The Morgan fingerprint density at radius 3 is 1.24 bits per heavy atom. The van der Waals surface area contributed by atoms with Crippen molar-refractivity contribution in [1.82, 2.24) is 4.90 Å². The maximum Gasteiger partial charge on any atom is 0.306 e. The van der Waals surface area contributed by atoms with Crippen LogP contribution in [0.15, 0.2) is 72.9 Å². The number of carbonyl (C=O) groups excluding carboxylic acids is 1. The van der Waals surface area contributed by atoms with Crippen LogP contribution in [0.4, 0.5) is 0 Å². The zero-order chi connectivity index (χ0) is 33.6. The Bertz CT molecular complexity index is 763. The topological polar surface area (TPSA) is 29.5 Å². The van der Waals surface area contributed by atoms with E-state index in [-0.39, 0.29) is 12.1 Å².